The first-order chi connectivity index (χ1) is 18.8. The molecule has 0 aliphatic carbocycles. The maximum absolute atomic E-state index is 5.98. The van der Waals surface area contributed by atoms with Crippen molar-refractivity contribution >= 4 is 22.1 Å². The third-order valence-corrected chi connectivity index (χ3v) is 6.39. The minimum Gasteiger partial charge on any atom is -0.487 e. The van der Waals surface area contributed by atoms with Crippen molar-refractivity contribution in [2.75, 3.05) is 0 Å². The number of benzene rings is 1. The van der Waals surface area contributed by atoms with E-state index in [1.165, 1.54) is 0 Å². The van der Waals surface area contributed by atoms with E-state index < -0.39 is 0 Å². The second-order valence-corrected chi connectivity index (χ2v) is 8.87. The van der Waals surface area contributed by atoms with E-state index >= 15 is 0 Å². The summed E-state index contributed by atoms with van der Waals surface area (Å²) in [5.74, 6) is 0.685. The van der Waals surface area contributed by atoms with E-state index in [9.17, 15) is 0 Å². The van der Waals surface area contributed by atoms with Crippen molar-refractivity contribution in [3.8, 4) is 39.7 Å². The summed E-state index contributed by atoms with van der Waals surface area (Å²) in [7, 11) is 0. The highest BCUT2D eigenvalue weighted by atomic mass is 16.5. The monoisotopic (exact) mass is 495 g/mol. The van der Waals surface area contributed by atoms with Crippen molar-refractivity contribution < 1.29 is 4.74 Å². The standard InChI is InChI=1S/C30H21N7O/c1-2-6-19(7-3-1)18-38-21-14-20(16-31-17-21)24-9-10-26-28(34-24)29(37-36-26)27-15-23-22(11-13-33-30(23)35-27)25-8-4-5-12-32-25/h1-17H,18H2,(H,33,35)(H,36,37). The van der Waals surface area contributed by atoms with Gasteiger partial charge >= 0.3 is 0 Å². The Morgan fingerprint density at radius 2 is 1.71 bits per heavy atom. The van der Waals surface area contributed by atoms with Crippen LogP contribution in [0.4, 0.5) is 0 Å². The van der Waals surface area contributed by atoms with Crippen LogP contribution in [-0.2, 0) is 6.61 Å². The first kappa shape index (κ1) is 21.9. The number of aromatic amines is 2. The first-order valence-corrected chi connectivity index (χ1v) is 12.2. The van der Waals surface area contributed by atoms with Crippen molar-refractivity contribution in [1.82, 2.24) is 35.1 Å². The van der Waals surface area contributed by atoms with E-state index in [-0.39, 0.29) is 0 Å². The topological polar surface area (TPSA) is 105 Å². The van der Waals surface area contributed by atoms with Gasteiger partial charge in [0.2, 0.25) is 0 Å². The third-order valence-electron chi connectivity index (χ3n) is 6.39. The van der Waals surface area contributed by atoms with E-state index in [4.69, 9.17) is 9.72 Å². The largest absolute Gasteiger partial charge is 0.487 e. The molecule has 0 aliphatic heterocycles. The molecular weight excluding hydrogens is 474 g/mol. The maximum Gasteiger partial charge on any atom is 0.138 e. The lowest BCUT2D eigenvalue weighted by atomic mass is 10.1. The second-order valence-electron chi connectivity index (χ2n) is 8.87. The van der Waals surface area contributed by atoms with Gasteiger partial charge in [0, 0.05) is 35.1 Å². The van der Waals surface area contributed by atoms with Gasteiger partial charge < -0.3 is 9.72 Å². The van der Waals surface area contributed by atoms with E-state index in [1.807, 2.05) is 72.8 Å². The molecule has 0 saturated carbocycles. The molecule has 2 N–H and O–H groups in total. The highest BCUT2D eigenvalue weighted by Crippen LogP contribution is 2.33. The molecule has 0 saturated heterocycles. The number of pyridine rings is 4. The molecule has 0 aliphatic rings. The zero-order chi connectivity index (χ0) is 25.3. The molecule has 0 amide bonds. The Morgan fingerprint density at radius 1 is 0.789 bits per heavy atom. The molecule has 8 nitrogen and oxygen atoms in total. The fourth-order valence-electron chi connectivity index (χ4n) is 4.53. The van der Waals surface area contributed by atoms with Crippen molar-refractivity contribution in [2.45, 2.75) is 6.61 Å². The van der Waals surface area contributed by atoms with Gasteiger partial charge in [0.1, 0.15) is 29.2 Å². The minimum absolute atomic E-state index is 0.471. The van der Waals surface area contributed by atoms with Gasteiger partial charge in [-0.15, -0.1) is 0 Å². The van der Waals surface area contributed by atoms with Crippen LogP contribution in [0, 0.1) is 0 Å². The van der Waals surface area contributed by atoms with Crippen molar-refractivity contribution in [2.24, 2.45) is 0 Å². The first-order valence-electron chi connectivity index (χ1n) is 12.2. The molecule has 0 fully saturated rings. The van der Waals surface area contributed by atoms with Gasteiger partial charge in [-0.2, -0.15) is 5.10 Å². The van der Waals surface area contributed by atoms with Gasteiger partial charge in [0.15, 0.2) is 0 Å². The molecule has 182 valence electrons. The lowest BCUT2D eigenvalue weighted by Gasteiger charge is -2.08. The molecule has 0 spiro atoms. The molecule has 6 heterocycles. The SMILES string of the molecule is c1ccc(COc2cncc(-c3ccc4[nH]nc(-c5cc6c(-c7ccccn7)ccnc6[nH]5)c4n3)c2)cc1. The number of fused-ring (bicyclic) bond motifs is 2. The van der Waals surface area contributed by atoms with Crippen molar-refractivity contribution in [3.05, 3.63) is 109 Å². The van der Waals surface area contributed by atoms with Gasteiger partial charge in [-0.05, 0) is 48.0 Å². The molecule has 6 aromatic heterocycles. The summed E-state index contributed by atoms with van der Waals surface area (Å²) in [6, 6.07) is 25.8. The van der Waals surface area contributed by atoms with Gasteiger partial charge in [-0.3, -0.25) is 15.1 Å². The third kappa shape index (κ3) is 4.04. The lowest BCUT2D eigenvalue weighted by Crippen LogP contribution is -1.96. The van der Waals surface area contributed by atoms with Crippen LogP contribution in [0.25, 0.3) is 56.0 Å². The zero-order valence-electron chi connectivity index (χ0n) is 20.2. The Bertz CT molecular complexity index is 1880. The van der Waals surface area contributed by atoms with Crippen molar-refractivity contribution in [1.29, 1.82) is 0 Å². The summed E-state index contributed by atoms with van der Waals surface area (Å²) in [4.78, 5) is 21.8. The quantitative estimate of drug-likeness (QED) is 0.284. The van der Waals surface area contributed by atoms with Crippen LogP contribution in [-0.4, -0.2) is 35.1 Å². The molecule has 0 radical (unpaired) electrons. The van der Waals surface area contributed by atoms with E-state index in [2.05, 4.69) is 36.2 Å². The van der Waals surface area contributed by atoms with Crippen LogP contribution in [0.3, 0.4) is 0 Å². The molecule has 0 bridgehead atoms. The van der Waals surface area contributed by atoms with E-state index in [1.54, 1.807) is 24.8 Å². The van der Waals surface area contributed by atoms with Gasteiger partial charge in [-0.1, -0.05) is 36.4 Å². The highest BCUT2D eigenvalue weighted by molar-refractivity contribution is 5.98. The number of rotatable bonds is 6. The summed E-state index contributed by atoms with van der Waals surface area (Å²) in [5, 5.41) is 8.65. The molecule has 0 atom stereocenters. The average molecular weight is 496 g/mol. The fraction of sp³-hybridized carbons (Fsp3) is 0.0333. The number of nitrogens with one attached hydrogen (secondary N) is 2. The minimum atomic E-state index is 0.471. The summed E-state index contributed by atoms with van der Waals surface area (Å²) in [5.41, 5.74) is 8.53. The number of hydrogen-bond acceptors (Lipinski definition) is 6. The Hall–Kier alpha value is -5.37. The summed E-state index contributed by atoms with van der Waals surface area (Å²) in [6.07, 6.45) is 7.07. The number of ether oxygens (including phenoxy) is 1. The molecule has 1 aromatic carbocycles. The summed E-state index contributed by atoms with van der Waals surface area (Å²) >= 11 is 0. The lowest BCUT2D eigenvalue weighted by molar-refractivity contribution is 0.305. The molecular formula is C30H21N7O. The van der Waals surface area contributed by atoms with Gasteiger partial charge in [0.25, 0.3) is 0 Å². The Kier molecular flexibility index (Phi) is 5.33. The van der Waals surface area contributed by atoms with Crippen LogP contribution in [0.5, 0.6) is 5.75 Å². The van der Waals surface area contributed by atoms with Crippen LogP contribution >= 0.6 is 0 Å². The maximum atomic E-state index is 5.98. The van der Waals surface area contributed by atoms with Crippen LogP contribution < -0.4 is 4.74 Å². The molecule has 8 heteroatoms. The molecule has 0 unspecified atom stereocenters. The second kappa shape index (κ2) is 9.25. The Morgan fingerprint density at radius 3 is 2.61 bits per heavy atom. The number of H-pyrrole nitrogens is 2. The predicted molar refractivity (Wildman–Crippen MR) is 146 cm³/mol. The molecule has 7 rings (SSSR count). The number of hydrogen-bond donors (Lipinski definition) is 2. The Balaban J connectivity index is 1.24. The molecule has 38 heavy (non-hydrogen) atoms. The summed E-state index contributed by atoms with van der Waals surface area (Å²) < 4.78 is 5.98. The normalized spacial score (nSPS) is 11.3. The van der Waals surface area contributed by atoms with Crippen molar-refractivity contribution in [3.63, 3.8) is 0 Å². The van der Waals surface area contributed by atoms with Crippen LogP contribution in [0.1, 0.15) is 5.56 Å². The Labute approximate surface area is 217 Å². The highest BCUT2D eigenvalue weighted by Gasteiger charge is 2.16. The smallest absolute Gasteiger partial charge is 0.138 e. The van der Waals surface area contributed by atoms with Crippen LogP contribution in [0.2, 0.25) is 0 Å². The zero-order valence-corrected chi connectivity index (χ0v) is 20.2. The van der Waals surface area contributed by atoms with Gasteiger partial charge in [0.05, 0.1) is 28.8 Å². The fourth-order valence-corrected chi connectivity index (χ4v) is 4.53. The van der Waals surface area contributed by atoms with Crippen LogP contribution in [0.15, 0.2) is 104 Å². The summed E-state index contributed by atoms with van der Waals surface area (Å²) in [6.45, 7) is 0.471. The van der Waals surface area contributed by atoms with E-state index in [0.717, 1.165) is 61.5 Å². The van der Waals surface area contributed by atoms with Gasteiger partial charge in [-0.25, -0.2) is 9.97 Å². The number of aromatic nitrogens is 7. The van der Waals surface area contributed by atoms with E-state index in [0.29, 0.717) is 12.4 Å². The number of nitrogens with zero attached hydrogens (tertiary/aromatic N) is 5. The predicted octanol–water partition coefficient (Wildman–Crippen LogP) is 6.20. The molecule has 7 aromatic rings. The average Bonchev–Trinajstić information content (AvgIpc) is 3.61.